The van der Waals surface area contributed by atoms with E-state index in [1.165, 1.54) is 17.1 Å². The Labute approximate surface area is 206 Å². The molecular weight excluding hydrogens is 447 g/mol. The van der Waals surface area contributed by atoms with E-state index < -0.39 is 0 Å². The summed E-state index contributed by atoms with van der Waals surface area (Å²) in [5.74, 6) is -0.811. The van der Waals surface area contributed by atoms with E-state index in [0.29, 0.717) is 32.7 Å². The number of hydrazone groups is 1. The highest BCUT2D eigenvalue weighted by Crippen LogP contribution is 2.33. The normalized spacial score (nSPS) is 18.6. The summed E-state index contributed by atoms with van der Waals surface area (Å²) in [6.45, 7) is 7.85. The first kappa shape index (κ1) is 25.0. The monoisotopic (exact) mass is 480 g/mol. The van der Waals surface area contributed by atoms with Crippen LogP contribution in [0.4, 0.5) is 4.39 Å². The summed E-state index contributed by atoms with van der Waals surface area (Å²) >= 11 is 0. The van der Waals surface area contributed by atoms with Crippen LogP contribution in [-0.4, -0.2) is 78.3 Å². The summed E-state index contributed by atoms with van der Waals surface area (Å²) in [5.41, 5.74) is 2.48. The van der Waals surface area contributed by atoms with Gasteiger partial charge in [0.25, 0.3) is 5.91 Å². The van der Waals surface area contributed by atoms with E-state index in [4.69, 9.17) is 4.74 Å². The summed E-state index contributed by atoms with van der Waals surface area (Å²) in [5, 5.41) is 6.17. The summed E-state index contributed by atoms with van der Waals surface area (Å²) in [6.07, 6.45) is 0.521. The molecule has 0 bridgehead atoms. The Kier molecular flexibility index (Phi) is 8.25. The number of amides is 2. The van der Waals surface area contributed by atoms with Crippen LogP contribution in [0.25, 0.3) is 0 Å². The first-order valence-electron chi connectivity index (χ1n) is 12.2. The minimum absolute atomic E-state index is 0.0368. The van der Waals surface area contributed by atoms with Crippen molar-refractivity contribution in [3.63, 3.8) is 0 Å². The molecule has 0 aliphatic carbocycles. The van der Waals surface area contributed by atoms with Gasteiger partial charge in [0, 0.05) is 38.5 Å². The van der Waals surface area contributed by atoms with E-state index >= 15 is 0 Å². The van der Waals surface area contributed by atoms with Crippen molar-refractivity contribution >= 4 is 17.5 Å². The molecule has 7 nitrogen and oxygen atoms in total. The molecule has 0 spiro atoms. The van der Waals surface area contributed by atoms with E-state index in [-0.39, 0.29) is 36.1 Å². The van der Waals surface area contributed by atoms with Crippen molar-refractivity contribution < 1.29 is 18.7 Å². The number of ether oxygens (including phenoxy) is 1. The highest BCUT2D eigenvalue weighted by Gasteiger charge is 2.34. The Balaban J connectivity index is 1.54. The lowest BCUT2D eigenvalue weighted by Crippen LogP contribution is -2.47. The van der Waals surface area contributed by atoms with Gasteiger partial charge in [-0.1, -0.05) is 56.3 Å². The second kappa shape index (κ2) is 11.6. The Morgan fingerprint density at radius 1 is 1.09 bits per heavy atom. The number of benzene rings is 2. The SMILES string of the molecule is CC(C)C(=O)N(CCN1CCOCC1)CC(=O)N1N=C(c2ccc(F)cc2)CC1c1ccccc1. The fourth-order valence-corrected chi connectivity index (χ4v) is 4.45. The molecule has 8 heteroatoms. The highest BCUT2D eigenvalue weighted by atomic mass is 19.1. The van der Waals surface area contributed by atoms with Gasteiger partial charge in [-0.05, 0) is 23.3 Å². The van der Waals surface area contributed by atoms with Crippen LogP contribution in [0.15, 0.2) is 59.7 Å². The third-order valence-electron chi connectivity index (χ3n) is 6.45. The van der Waals surface area contributed by atoms with Crippen LogP contribution in [0, 0.1) is 11.7 Å². The largest absolute Gasteiger partial charge is 0.379 e. The number of halogens is 1. The van der Waals surface area contributed by atoms with Crippen molar-refractivity contribution in [2.75, 3.05) is 45.9 Å². The quantitative estimate of drug-likeness (QED) is 0.582. The van der Waals surface area contributed by atoms with Gasteiger partial charge in [-0.2, -0.15) is 5.10 Å². The Morgan fingerprint density at radius 2 is 1.77 bits per heavy atom. The molecule has 186 valence electrons. The smallest absolute Gasteiger partial charge is 0.262 e. The van der Waals surface area contributed by atoms with E-state index in [1.807, 2.05) is 44.2 Å². The molecule has 0 radical (unpaired) electrons. The van der Waals surface area contributed by atoms with Gasteiger partial charge in [0.2, 0.25) is 5.91 Å². The lowest BCUT2D eigenvalue weighted by Gasteiger charge is -2.31. The number of morpholine rings is 1. The molecular formula is C27H33FN4O3. The van der Waals surface area contributed by atoms with Gasteiger partial charge < -0.3 is 9.64 Å². The molecule has 2 heterocycles. The molecule has 0 N–H and O–H groups in total. The molecule has 2 amide bonds. The van der Waals surface area contributed by atoms with Crippen LogP contribution >= 0.6 is 0 Å². The second-order valence-corrected chi connectivity index (χ2v) is 9.29. The Bertz CT molecular complexity index is 1040. The van der Waals surface area contributed by atoms with E-state index in [1.54, 1.807) is 17.0 Å². The molecule has 0 saturated carbocycles. The maximum atomic E-state index is 13.6. The van der Waals surface area contributed by atoms with Gasteiger partial charge in [0.1, 0.15) is 12.4 Å². The van der Waals surface area contributed by atoms with Crippen LogP contribution in [0.2, 0.25) is 0 Å². The number of carbonyl (C=O) groups excluding carboxylic acids is 2. The maximum absolute atomic E-state index is 13.6. The van der Waals surface area contributed by atoms with Crippen LogP contribution in [-0.2, 0) is 14.3 Å². The fraction of sp³-hybridized carbons (Fsp3) is 0.444. The molecule has 2 aliphatic heterocycles. The molecule has 2 aromatic carbocycles. The zero-order valence-corrected chi connectivity index (χ0v) is 20.4. The van der Waals surface area contributed by atoms with Crippen LogP contribution < -0.4 is 0 Å². The summed E-state index contributed by atoms with van der Waals surface area (Å²) in [6, 6.07) is 15.6. The molecule has 1 unspecified atom stereocenters. The molecule has 0 aromatic heterocycles. The number of carbonyl (C=O) groups is 2. The first-order chi connectivity index (χ1) is 16.9. The van der Waals surface area contributed by atoms with Crippen molar-refractivity contribution in [1.82, 2.24) is 14.8 Å². The number of hydrogen-bond donors (Lipinski definition) is 0. The first-order valence-corrected chi connectivity index (χ1v) is 12.2. The van der Waals surface area contributed by atoms with Gasteiger partial charge in [0.05, 0.1) is 25.0 Å². The van der Waals surface area contributed by atoms with E-state index in [0.717, 1.165) is 29.9 Å². The van der Waals surface area contributed by atoms with Crippen molar-refractivity contribution in [2.24, 2.45) is 11.0 Å². The predicted molar refractivity (Wildman–Crippen MR) is 132 cm³/mol. The molecule has 2 aliphatic rings. The third-order valence-corrected chi connectivity index (χ3v) is 6.45. The van der Waals surface area contributed by atoms with Crippen LogP contribution in [0.3, 0.4) is 0 Å². The Morgan fingerprint density at radius 3 is 2.43 bits per heavy atom. The van der Waals surface area contributed by atoms with E-state index in [2.05, 4.69) is 10.0 Å². The third kappa shape index (κ3) is 6.32. The van der Waals surface area contributed by atoms with Crippen molar-refractivity contribution in [2.45, 2.75) is 26.3 Å². The van der Waals surface area contributed by atoms with Gasteiger partial charge in [-0.3, -0.25) is 14.5 Å². The minimum Gasteiger partial charge on any atom is -0.379 e. The molecule has 35 heavy (non-hydrogen) atoms. The molecule has 1 fully saturated rings. The zero-order chi connectivity index (χ0) is 24.8. The fourth-order valence-electron chi connectivity index (χ4n) is 4.45. The molecule has 2 aromatic rings. The molecule has 4 rings (SSSR count). The second-order valence-electron chi connectivity index (χ2n) is 9.29. The number of rotatable bonds is 8. The summed E-state index contributed by atoms with van der Waals surface area (Å²) < 4.78 is 18.9. The number of nitrogens with zero attached hydrogens (tertiary/aromatic N) is 4. The average molecular weight is 481 g/mol. The van der Waals surface area contributed by atoms with Crippen LogP contribution in [0.1, 0.15) is 37.4 Å². The average Bonchev–Trinajstić information content (AvgIpc) is 3.33. The standard InChI is InChI=1S/C27H33FN4O3/c1-20(2)27(34)31(13-12-30-14-16-35-17-15-30)19-26(33)32-25(22-6-4-3-5-7-22)18-24(29-32)21-8-10-23(28)11-9-21/h3-11,20,25H,12-19H2,1-2H3. The zero-order valence-electron chi connectivity index (χ0n) is 20.4. The van der Waals surface area contributed by atoms with Crippen molar-refractivity contribution in [3.05, 3.63) is 71.5 Å². The van der Waals surface area contributed by atoms with Crippen molar-refractivity contribution in [1.29, 1.82) is 0 Å². The highest BCUT2D eigenvalue weighted by molar-refractivity contribution is 6.03. The number of hydrogen-bond acceptors (Lipinski definition) is 5. The van der Waals surface area contributed by atoms with Gasteiger partial charge in [-0.15, -0.1) is 0 Å². The van der Waals surface area contributed by atoms with Gasteiger partial charge in [-0.25, -0.2) is 9.40 Å². The van der Waals surface area contributed by atoms with Crippen LogP contribution in [0.5, 0.6) is 0 Å². The topological polar surface area (TPSA) is 65.5 Å². The van der Waals surface area contributed by atoms with Gasteiger partial charge in [0.15, 0.2) is 0 Å². The Hall–Kier alpha value is -3.10. The predicted octanol–water partition coefficient (Wildman–Crippen LogP) is 3.32. The van der Waals surface area contributed by atoms with Crippen molar-refractivity contribution in [3.8, 4) is 0 Å². The minimum atomic E-state index is -0.317. The molecule has 1 atom stereocenters. The van der Waals surface area contributed by atoms with Gasteiger partial charge >= 0.3 is 0 Å². The molecule has 1 saturated heterocycles. The lowest BCUT2D eigenvalue weighted by atomic mass is 9.98. The lowest BCUT2D eigenvalue weighted by molar-refractivity contribution is -0.143. The van der Waals surface area contributed by atoms with E-state index in [9.17, 15) is 14.0 Å². The summed E-state index contributed by atoms with van der Waals surface area (Å²) in [7, 11) is 0. The maximum Gasteiger partial charge on any atom is 0.262 e. The summed E-state index contributed by atoms with van der Waals surface area (Å²) in [4.78, 5) is 30.5.